The summed E-state index contributed by atoms with van der Waals surface area (Å²) in [6.45, 7) is 1.69. The fraction of sp³-hybridized carbons (Fsp3) is 0.111. The summed E-state index contributed by atoms with van der Waals surface area (Å²) in [6, 6.07) is 14.8. The van der Waals surface area contributed by atoms with Crippen molar-refractivity contribution < 1.29 is 19.4 Å². The number of carbonyl (C=O) groups excluding carboxylic acids is 1. The van der Waals surface area contributed by atoms with Gasteiger partial charge in [-0.05, 0) is 41.5 Å². The highest BCUT2D eigenvalue weighted by Crippen LogP contribution is 2.17. The first kappa shape index (κ1) is 17.7. The van der Waals surface area contributed by atoms with Crippen LogP contribution >= 0.6 is 15.9 Å². The Hall–Kier alpha value is -2.60. The molecule has 0 saturated heterocycles. The number of amides is 1. The van der Waals surface area contributed by atoms with Crippen LogP contribution in [0.5, 0.6) is 5.75 Å². The van der Waals surface area contributed by atoms with Gasteiger partial charge in [0, 0.05) is 11.4 Å². The van der Waals surface area contributed by atoms with Crippen LogP contribution in [0.4, 0.5) is 0 Å². The van der Waals surface area contributed by atoms with Crippen molar-refractivity contribution in [1.29, 1.82) is 0 Å². The average Bonchev–Trinajstić information content (AvgIpc) is 2.53. The highest BCUT2D eigenvalue weighted by molar-refractivity contribution is 9.10. The molecule has 0 atom stereocenters. The molecule has 6 heteroatoms. The maximum atomic E-state index is 11.1. The minimum Gasteiger partial charge on any atom is -0.489 e. The molecule has 0 aliphatic carbocycles. The lowest BCUT2D eigenvalue weighted by Gasteiger charge is -2.07. The van der Waals surface area contributed by atoms with Crippen LogP contribution in [0.1, 0.15) is 18.1 Å². The van der Waals surface area contributed by atoms with Crippen LogP contribution in [0.3, 0.4) is 0 Å². The van der Waals surface area contributed by atoms with E-state index < -0.39 is 11.9 Å². The van der Waals surface area contributed by atoms with Crippen LogP contribution in [0.2, 0.25) is 0 Å². The van der Waals surface area contributed by atoms with Gasteiger partial charge in [0.2, 0.25) is 5.91 Å². The zero-order chi connectivity index (χ0) is 17.5. The zero-order valence-corrected chi connectivity index (χ0v) is 14.5. The van der Waals surface area contributed by atoms with E-state index in [1.165, 1.54) is 13.0 Å². The van der Waals surface area contributed by atoms with Crippen molar-refractivity contribution in [3.05, 3.63) is 69.8 Å². The first-order chi connectivity index (χ1) is 11.4. The van der Waals surface area contributed by atoms with Crippen molar-refractivity contribution in [3.8, 4) is 5.75 Å². The Morgan fingerprint density at radius 3 is 2.50 bits per heavy atom. The number of nitrogens with one attached hydrogen (secondary N) is 1. The number of hydrogen-bond donors (Lipinski definition) is 2. The first-order valence-corrected chi connectivity index (χ1v) is 7.93. The van der Waals surface area contributed by atoms with E-state index in [4.69, 9.17) is 9.84 Å². The molecule has 0 spiro atoms. The maximum Gasteiger partial charge on any atom is 0.352 e. The number of rotatable bonds is 6. The molecule has 0 bridgehead atoms. The third-order valence-corrected chi connectivity index (χ3v) is 3.52. The molecule has 0 radical (unpaired) electrons. The van der Waals surface area contributed by atoms with E-state index in [0.717, 1.165) is 10.0 Å². The fourth-order valence-electron chi connectivity index (χ4n) is 1.96. The van der Waals surface area contributed by atoms with E-state index in [1.54, 1.807) is 24.3 Å². The van der Waals surface area contributed by atoms with Crippen LogP contribution in [0, 0.1) is 0 Å². The van der Waals surface area contributed by atoms with Gasteiger partial charge in [0.15, 0.2) is 0 Å². The van der Waals surface area contributed by atoms with Gasteiger partial charge in [0.1, 0.15) is 18.1 Å². The van der Waals surface area contributed by atoms with Gasteiger partial charge in [0.05, 0.1) is 0 Å². The Kier molecular flexibility index (Phi) is 6.14. The van der Waals surface area contributed by atoms with Crippen LogP contribution in [0.15, 0.2) is 58.7 Å². The molecule has 5 nitrogen and oxygen atoms in total. The molecule has 2 aromatic carbocycles. The number of halogens is 1. The van der Waals surface area contributed by atoms with Crippen LogP contribution in [-0.2, 0) is 16.2 Å². The molecule has 0 fully saturated rings. The predicted octanol–water partition coefficient (Wildman–Crippen LogP) is 3.59. The second-order valence-corrected chi connectivity index (χ2v) is 5.95. The smallest absolute Gasteiger partial charge is 0.352 e. The summed E-state index contributed by atoms with van der Waals surface area (Å²) in [4.78, 5) is 22.1. The normalized spacial score (nSPS) is 11.0. The number of ether oxygens (including phenoxy) is 1. The van der Waals surface area contributed by atoms with Crippen molar-refractivity contribution in [2.75, 3.05) is 0 Å². The van der Waals surface area contributed by atoms with Crippen molar-refractivity contribution in [3.63, 3.8) is 0 Å². The van der Waals surface area contributed by atoms with E-state index in [2.05, 4.69) is 21.2 Å². The molecule has 2 aromatic rings. The Morgan fingerprint density at radius 2 is 1.92 bits per heavy atom. The van der Waals surface area contributed by atoms with E-state index in [9.17, 15) is 9.59 Å². The number of hydrogen-bond acceptors (Lipinski definition) is 3. The molecule has 2 N–H and O–H groups in total. The molecule has 0 saturated carbocycles. The largest absolute Gasteiger partial charge is 0.489 e. The summed E-state index contributed by atoms with van der Waals surface area (Å²) >= 11 is 3.41. The van der Waals surface area contributed by atoms with Gasteiger partial charge >= 0.3 is 5.97 Å². The molecular formula is C18H16BrNO4. The lowest BCUT2D eigenvalue weighted by molar-refractivity contribution is -0.134. The minimum atomic E-state index is -1.19. The molecule has 2 rings (SSSR count). The van der Waals surface area contributed by atoms with Crippen molar-refractivity contribution in [2.24, 2.45) is 0 Å². The number of carbonyl (C=O) groups is 2. The van der Waals surface area contributed by atoms with E-state index in [-0.39, 0.29) is 5.70 Å². The number of aliphatic carboxylic acids is 1. The molecule has 0 unspecified atom stereocenters. The van der Waals surface area contributed by atoms with Gasteiger partial charge < -0.3 is 15.2 Å². The van der Waals surface area contributed by atoms with E-state index >= 15 is 0 Å². The second-order valence-electron chi connectivity index (χ2n) is 5.03. The maximum absolute atomic E-state index is 11.1. The fourth-order valence-corrected chi connectivity index (χ4v) is 2.41. The van der Waals surface area contributed by atoms with Gasteiger partial charge in [-0.2, -0.15) is 0 Å². The topological polar surface area (TPSA) is 75.6 Å². The summed E-state index contributed by atoms with van der Waals surface area (Å²) in [5.41, 5.74) is 1.51. The molecule has 0 heterocycles. The van der Waals surface area contributed by atoms with E-state index in [1.807, 2.05) is 24.3 Å². The summed E-state index contributed by atoms with van der Waals surface area (Å²) in [6.07, 6.45) is 1.39. The lowest BCUT2D eigenvalue weighted by atomic mass is 10.2. The molecule has 0 aromatic heterocycles. The van der Waals surface area contributed by atoms with Crippen LogP contribution < -0.4 is 10.1 Å². The van der Waals surface area contributed by atoms with Gasteiger partial charge in [-0.25, -0.2) is 4.79 Å². The predicted molar refractivity (Wildman–Crippen MR) is 94.3 cm³/mol. The molecule has 0 aliphatic rings. The Balaban J connectivity index is 2.04. The highest BCUT2D eigenvalue weighted by atomic mass is 79.9. The van der Waals surface area contributed by atoms with Gasteiger partial charge in [-0.3, -0.25) is 4.79 Å². The van der Waals surface area contributed by atoms with Crippen molar-refractivity contribution in [1.82, 2.24) is 5.32 Å². The monoisotopic (exact) mass is 389 g/mol. The Labute approximate surface area is 148 Å². The van der Waals surface area contributed by atoms with Gasteiger partial charge in [0.25, 0.3) is 0 Å². The molecule has 0 aliphatic heterocycles. The number of benzene rings is 2. The highest BCUT2D eigenvalue weighted by Gasteiger charge is 2.08. The third-order valence-electron chi connectivity index (χ3n) is 3.03. The van der Waals surface area contributed by atoms with Crippen LogP contribution in [0.25, 0.3) is 6.08 Å². The molecular weight excluding hydrogens is 374 g/mol. The summed E-state index contributed by atoms with van der Waals surface area (Å²) in [7, 11) is 0. The SMILES string of the molecule is CC(=O)N/C(=C/c1ccc(OCc2cccc(Br)c2)cc1)C(=O)O. The Bertz CT molecular complexity index is 769. The molecule has 124 valence electrons. The van der Waals surface area contributed by atoms with Gasteiger partial charge in [-0.1, -0.05) is 40.2 Å². The van der Waals surface area contributed by atoms with Crippen LogP contribution in [-0.4, -0.2) is 17.0 Å². The quantitative estimate of drug-likeness (QED) is 0.740. The minimum absolute atomic E-state index is 0.176. The zero-order valence-electron chi connectivity index (χ0n) is 13.0. The average molecular weight is 390 g/mol. The number of carboxylic acids is 1. The second kappa shape index (κ2) is 8.31. The number of carboxylic acid groups (broad SMARTS) is 1. The Morgan fingerprint density at radius 1 is 1.21 bits per heavy atom. The van der Waals surface area contributed by atoms with Crippen molar-refractivity contribution >= 4 is 33.9 Å². The van der Waals surface area contributed by atoms with E-state index in [0.29, 0.717) is 17.9 Å². The summed E-state index contributed by atoms with van der Waals surface area (Å²) in [5, 5.41) is 11.3. The third kappa shape index (κ3) is 5.55. The summed E-state index contributed by atoms with van der Waals surface area (Å²) in [5.74, 6) is -0.957. The molecule has 24 heavy (non-hydrogen) atoms. The first-order valence-electron chi connectivity index (χ1n) is 7.14. The lowest BCUT2D eigenvalue weighted by Crippen LogP contribution is -2.24. The standard InChI is InChI=1S/C18H16BrNO4/c1-12(21)20-17(18(22)23)10-13-5-7-16(8-6-13)24-11-14-3-2-4-15(19)9-14/h2-10H,11H2,1H3,(H,20,21)(H,22,23)/b17-10+. The summed E-state index contributed by atoms with van der Waals surface area (Å²) < 4.78 is 6.68. The van der Waals surface area contributed by atoms with Crippen molar-refractivity contribution in [2.45, 2.75) is 13.5 Å². The molecule has 1 amide bonds. The van der Waals surface area contributed by atoms with Gasteiger partial charge in [-0.15, -0.1) is 0 Å².